The zero-order valence-electron chi connectivity index (χ0n) is 12.2. The minimum Gasteiger partial charge on any atom is -0.461 e. The van der Waals surface area contributed by atoms with Crippen LogP contribution in [0.15, 0.2) is 63.1 Å². The van der Waals surface area contributed by atoms with Gasteiger partial charge in [-0.1, -0.05) is 18.2 Å². The lowest BCUT2D eigenvalue weighted by Gasteiger charge is -2.16. The number of nitrogens with two attached hydrogens (primary N) is 1. The van der Waals surface area contributed by atoms with E-state index in [0.717, 1.165) is 31.6 Å². The molecule has 116 valence electrons. The number of nitrogens with zero attached hydrogens (tertiary/aromatic N) is 3. The van der Waals surface area contributed by atoms with Gasteiger partial charge in [-0.05, 0) is 37.1 Å². The highest BCUT2D eigenvalue weighted by Crippen LogP contribution is 2.16. The third kappa shape index (κ3) is 3.89. The first-order valence-electron chi connectivity index (χ1n) is 7.10. The molecule has 1 saturated heterocycles. The van der Waals surface area contributed by atoms with E-state index in [4.69, 9.17) is 10.2 Å². The lowest BCUT2D eigenvalue weighted by Crippen LogP contribution is -2.28. The number of furan rings is 1. The van der Waals surface area contributed by atoms with Crippen LogP contribution in [0.1, 0.15) is 18.6 Å². The van der Waals surface area contributed by atoms with Crippen molar-refractivity contribution in [1.82, 2.24) is 4.90 Å². The number of hydrogen-bond acceptors (Lipinski definition) is 2. The van der Waals surface area contributed by atoms with Gasteiger partial charge in [0.2, 0.25) is 5.96 Å². The number of guanidine groups is 1. The lowest BCUT2D eigenvalue weighted by atomic mass is 10.3. The molecule has 0 saturated carbocycles. The molecule has 2 aromatic rings. The van der Waals surface area contributed by atoms with Crippen molar-refractivity contribution in [3.8, 4) is 0 Å². The van der Waals surface area contributed by atoms with Crippen LogP contribution in [-0.2, 0) is 0 Å². The van der Waals surface area contributed by atoms with Gasteiger partial charge in [0.1, 0.15) is 0 Å². The Hall–Kier alpha value is -2.27. The van der Waals surface area contributed by atoms with Crippen LogP contribution in [0.5, 0.6) is 0 Å². The van der Waals surface area contributed by atoms with Gasteiger partial charge < -0.3 is 15.1 Å². The number of halogens is 1. The summed E-state index contributed by atoms with van der Waals surface area (Å²) in [6.07, 6.45) is 3.90. The fourth-order valence-corrected chi connectivity index (χ4v) is 2.29. The van der Waals surface area contributed by atoms with Gasteiger partial charge in [0.15, 0.2) is 11.6 Å². The Kier molecular flexibility index (Phi) is 5.61. The second-order valence-electron chi connectivity index (χ2n) is 4.92. The average molecular weight is 319 g/mol. The summed E-state index contributed by atoms with van der Waals surface area (Å²) in [6.45, 7) is 1.92. The molecule has 22 heavy (non-hydrogen) atoms. The van der Waals surface area contributed by atoms with Crippen LogP contribution in [0.3, 0.4) is 0 Å². The van der Waals surface area contributed by atoms with E-state index in [1.54, 1.807) is 18.4 Å². The summed E-state index contributed by atoms with van der Waals surface area (Å²) in [6, 6.07) is 13.4. The second-order valence-corrected chi connectivity index (χ2v) is 4.92. The molecule has 1 fully saturated rings. The summed E-state index contributed by atoms with van der Waals surface area (Å²) in [5.74, 6) is 1.56. The molecule has 0 spiro atoms. The number of rotatable bonds is 2. The van der Waals surface area contributed by atoms with Gasteiger partial charge >= 0.3 is 0 Å². The largest absolute Gasteiger partial charge is 0.461 e. The first-order chi connectivity index (χ1) is 10.3. The van der Waals surface area contributed by atoms with Crippen LogP contribution in [0.4, 0.5) is 5.69 Å². The van der Waals surface area contributed by atoms with Gasteiger partial charge in [0.05, 0.1) is 12.0 Å². The maximum atomic E-state index is 6.01. The van der Waals surface area contributed by atoms with E-state index in [1.165, 1.54) is 0 Å². The first-order valence-corrected chi connectivity index (χ1v) is 7.10. The Morgan fingerprint density at radius 3 is 2.41 bits per heavy atom. The van der Waals surface area contributed by atoms with E-state index in [-0.39, 0.29) is 12.4 Å². The molecule has 0 radical (unpaired) electrons. The quantitative estimate of drug-likeness (QED) is 0.683. The molecule has 1 aliphatic rings. The van der Waals surface area contributed by atoms with Crippen LogP contribution >= 0.6 is 12.4 Å². The Morgan fingerprint density at radius 2 is 1.77 bits per heavy atom. The summed E-state index contributed by atoms with van der Waals surface area (Å²) in [5.41, 5.74) is 6.88. The highest BCUT2D eigenvalue weighted by molar-refractivity contribution is 6.03. The standard InChI is InChI=1S/C16H18N4O.ClH/c17-15(14-9-6-12-21-14)19-16(20-10-4-5-11-20)18-13-7-2-1-3-8-13;/h1-3,6-9,12H,4-5,10-11H2,(H2,17,18,19);1H. The van der Waals surface area contributed by atoms with Crippen molar-refractivity contribution < 1.29 is 4.42 Å². The molecule has 5 nitrogen and oxygen atoms in total. The highest BCUT2D eigenvalue weighted by Gasteiger charge is 2.17. The van der Waals surface area contributed by atoms with Gasteiger partial charge in [-0.25, -0.2) is 4.99 Å². The molecule has 0 amide bonds. The predicted octanol–water partition coefficient (Wildman–Crippen LogP) is 3.19. The molecule has 1 aliphatic heterocycles. The Bertz CT molecular complexity index is 631. The van der Waals surface area contributed by atoms with Gasteiger partial charge in [-0.15, -0.1) is 12.4 Å². The number of aliphatic imine (C=N–C) groups is 2. The monoisotopic (exact) mass is 318 g/mol. The summed E-state index contributed by atoms with van der Waals surface area (Å²) < 4.78 is 5.28. The molecule has 6 heteroatoms. The number of likely N-dealkylation sites (tertiary alicyclic amines) is 1. The minimum atomic E-state index is 0. The van der Waals surface area contributed by atoms with Crippen molar-refractivity contribution in [3.05, 3.63) is 54.5 Å². The Labute approximate surface area is 136 Å². The van der Waals surface area contributed by atoms with Gasteiger partial charge in [-0.3, -0.25) is 0 Å². The minimum absolute atomic E-state index is 0. The molecule has 3 rings (SSSR count). The fourth-order valence-electron chi connectivity index (χ4n) is 2.29. The maximum Gasteiger partial charge on any atom is 0.227 e. The van der Waals surface area contributed by atoms with E-state index in [2.05, 4.69) is 14.9 Å². The van der Waals surface area contributed by atoms with E-state index in [0.29, 0.717) is 17.6 Å². The second kappa shape index (κ2) is 7.66. The predicted molar refractivity (Wildman–Crippen MR) is 91.0 cm³/mol. The molecule has 0 bridgehead atoms. The first kappa shape index (κ1) is 16.1. The smallest absolute Gasteiger partial charge is 0.227 e. The third-order valence-electron chi connectivity index (χ3n) is 3.37. The fraction of sp³-hybridized carbons (Fsp3) is 0.250. The Morgan fingerprint density at radius 1 is 1.05 bits per heavy atom. The number of benzene rings is 1. The Balaban J connectivity index is 0.00000176. The topological polar surface area (TPSA) is 67.1 Å². The van der Waals surface area contributed by atoms with Crippen molar-refractivity contribution in [3.63, 3.8) is 0 Å². The van der Waals surface area contributed by atoms with Crippen LogP contribution < -0.4 is 5.73 Å². The molecule has 1 aromatic carbocycles. The maximum absolute atomic E-state index is 6.01. The normalized spacial score (nSPS) is 15.7. The summed E-state index contributed by atoms with van der Waals surface area (Å²) in [5, 5.41) is 0. The molecular formula is C16H19ClN4O. The zero-order valence-corrected chi connectivity index (χ0v) is 13.0. The van der Waals surface area contributed by atoms with E-state index in [1.807, 2.05) is 30.3 Å². The third-order valence-corrected chi connectivity index (χ3v) is 3.37. The molecular weight excluding hydrogens is 300 g/mol. The number of hydrogen-bond donors (Lipinski definition) is 1. The van der Waals surface area contributed by atoms with Crippen molar-refractivity contribution in [2.75, 3.05) is 13.1 Å². The van der Waals surface area contributed by atoms with Crippen LogP contribution in [-0.4, -0.2) is 29.8 Å². The summed E-state index contributed by atoms with van der Waals surface area (Å²) in [7, 11) is 0. The van der Waals surface area contributed by atoms with E-state index in [9.17, 15) is 0 Å². The SMILES string of the molecule is Cl.NC(=NC(=Nc1ccccc1)N1CCCC1)c1ccco1. The van der Waals surface area contributed by atoms with E-state index >= 15 is 0 Å². The number of para-hydroxylation sites is 1. The van der Waals surface area contributed by atoms with E-state index < -0.39 is 0 Å². The van der Waals surface area contributed by atoms with Crippen molar-refractivity contribution in [2.24, 2.45) is 15.7 Å². The van der Waals surface area contributed by atoms with Gasteiger partial charge in [0, 0.05) is 13.1 Å². The molecule has 0 atom stereocenters. The van der Waals surface area contributed by atoms with Crippen LogP contribution in [0.2, 0.25) is 0 Å². The summed E-state index contributed by atoms with van der Waals surface area (Å²) in [4.78, 5) is 11.3. The van der Waals surface area contributed by atoms with Crippen molar-refractivity contribution in [2.45, 2.75) is 12.8 Å². The van der Waals surface area contributed by atoms with Crippen LogP contribution in [0.25, 0.3) is 0 Å². The van der Waals surface area contributed by atoms with Gasteiger partial charge in [-0.2, -0.15) is 4.99 Å². The van der Waals surface area contributed by atoms with Crippen molar-refractivity contribution >= 4 is 29.9 Å². The average Bonchev–Trinajstić information content (AvgIpc) is 3.21. The lowest BCUT2D eigenvalue weighted by molar-refractivity contribution is 0.513. The zero-order chi connectivity index (χ0) is 14.5. The number of amidine groups is 1. The van der Waals surface area contributed by atoms with Crippen LogP contribution in [0, 0.1) is 0 Å². The summed E-state index contributed by atoms with van der Waals surface area (Å²) >= 11 is 0. The molecule has 2 heterocycles. The van der Waals surface area contributed by atoms with Crippen molar-refractivity contribution in [1.29, 1.82) is 0 Å². The molecule has 2 N–H and O–H groups in total. The van der Waals surface area contributed by atoms with Gasteiger partial charge in [0.25, 0.3) is 0 Å². The molecule has 0 aliphatic carbocycles. The molecule has 1 aromatic heterocycles. The molecule has 0 unspecified atom stereocenters. The highest BCUT2D eigenvalue weighted by atomic mass is 35.5.